The highest BCUT2D eigenvalue weighted by atomic mass is 35.5. The molecule has 0 saturated carbocycles. The number of benzene rings is 1. The van der Waals surface area contributed by atoms with Crippen LogP contribution in [0.4, 0.5) is 0 Å². The Balaban J connectivity index is 3.13. The highest BCUT2D eigenvalue weighted by Gasteiger charge is 2.15. The lowest BCUT2D eigenvalue weighted by molar-refractivity contribution is 0.0992. The van der Waals surface area contributed by atoms with Gasteiger partial charge >= 0.3 is 0 Å². The van der Waals surface area contributed by atoms with Crippen molar-refractivity contribution in [3.8, 4) is 0 Å². The van der Waals surface area contributed by atoms with Crippen LogP contribution in [0, 0.1) is 0 Å². The van der Waals surface area contributed by atoms with Crippen molar-refractivity contribution in [2.75, 3.05) is 0 Å². The fourth-order valence-electron chi connectivity index (χ4n) is 0.901. The molecule has 1 rings (SSSR count). The molecular weight excluding hydrogens is 230 g/mol. The normalized spacial score (nSPS) is 12.6. The van der Waals surface area contributed by atoms with Crippen LogP contribution in [0.2, 0.25) is 10.0 Å². The van der Waals surface area contributed by atoms with Crippen molar-refractivity contribution in [1.82, 2.24) is 0 Å². The minimum absolute atomic E-state index is 0.214. The molecule has 0 spiro atoms. The van der Waals surface area contributed by atoms with Crippen molar-refractivity contribution >= 4 is 40.6 Å². The van der Waals surface area contributed by atoms with Crippen molar-refractivity contribution in [2.24, 2.45) is 0 Å². The number of halogens is 3. The molecule has 0 aromatic heterocycles. The first-order valence-corrected chi connectivity index (χ1v) is 4.85. The van der Waals surface area contributed by atoms with Crippen molar-refractivity contribution in [3.05, 3.63) is 33.8 Å². The molecule has 1 aromatic rings. The number of Topliss-reactive ketones (excluding diaryl/α,β-unsaturated/α-hetero) is 1. The molecule has 0 aliphatic carbocycles. The summed E-state index contributed by atoms with van der Waals surface area (Å²) in [5.74, 6) is -0.214. The van der Waals surface area contributed by atoms with Crippen LogP contribution in [-0.2, 0) is 0 Å². The zero-order valence-electron chi connectivity index (χ0n) is 6.85. The third-order valence-corrected chi connectivity index (χ3v) is 2.32. The van der Waals surface area contributed by atoms with Gasteiger partial charge in [-0.25, -0.2) is 0 Å². The van der Waals surface area contributed by atoms with E-state index >= 15 is 0 Å². The van der Waals surface area contributed by atoms with Crippen molar-refractivity contribution in [2.45, 2.75) is 12.3 Å². The molecule has 13 heavy (non-hydrogen) atoms. The number of rotatable bonds is 2. The lowest BCUT2D eigenvalue weighted by Crippen LogP contribution is -2.10. The van der Waals surface area contributed by atoms with E-state index in [0.29, 0.717) is 15.6 Å². The second kappa shape index (κ2) is 4.32. The first kappa shape index (κ1) is 10.8. The summed E-state index contributed by atoms with van der Waals surface area (Å²) in [7, 11) is 0. The minimum Gasteiger partial charge on any atom is -0.292 e. The van der Waals surface area contributed by atoms with Gasteiger partial charge in [-0.05, 0) is 25.1 Å². The van der Waals surface area contributed by atoms with Gasteiger partial charge in [0.2, 0.25) is 0 Å². The summed E-state index contributed by atoms with van der Waals surface area (Å²) in [6, 6.07) is 4.72. The van der Waals surface area contributed by atoms with Gasteiger partial charge < -0.3 is 0 Å². The van der Waals surface area contributed by atoms with Crippen molar-refractivity contribution in [1.29, 1.82) is 0 Å². The smallest absolute Gasteiger partial charge is 0.181 e. The molecular formula is C9H7Cl3O. The summed E-state index contributed by atoms with van der Waals surface area (Å²) in [6.07, 6.45) is 0. The van der Waals surface area contributed by atoms with Gasteiger partial charge in [-0.2, -0.15) is 0 Å². The first-order chi connectivity index (χ1) is 6.02. The number of alkyl halides is 1. The van der Waals surface area contributed by atoms with Crippen LogP contribution < -0.4 is 0 Å². The highest BCUT2D eigenvalue weighted by molar-refractivity contribution is 6.39. The van der Waals surface area contributed by atoms with Gasteiger partial charge in [-0.1, -0.05) is 23.2 Å². The quantitative estimate of drug-likeness (QED) is 0.565. The second-order valence-corrected chi connectivity index (χ2v) is 4.10. The Kier molecular flexibility index (Phi) is 3.60. The molecule has 0 radical (unpaired) electrons. The molecule has 0 amide bonds. The maximum Gasteiger partial charge on any atom is 0.181 e. The van der Waals surface area contributed by atoms with E-state index in [2.05, 4.69) is 0 Å². The third-order valence-electron chi connectivity index (χ3n) is 1.56. The average Bonchev–Trinajstić information content (AvgIpc) is 2.08. The standard InChI is InChI=1S/C9H7Cl3O/c1-5(10)9(13)7-4-6(11)2-3-8(7)12/h2-5H,1H3. The summed E-state index contributed by atoms with van der Waals surface area (Å²) in [4.78, 5) is 11.4. The topological polar surface area (TPSA) is 17.1 Å². The van der Waals surface area contributed by atoms with E-state index in [-0.39, 0.29) is 5.78 Å². The van der Waals surface area contributed by atoms with Gasteiger partial charge in [0.1, 0.15) is 0 Å². The Hall–Kier alpha value is -0.240. The molecule has 0 heterocycles. The summed E-state index contributed by atoms with van der Waals surface area (Å²) < 4.78 is 0. The predicted octanol–water partition coefficient (Wildman–Crippen LogP) is 3.80. The molecule has 0 fully saturated rings. The number of carbonyl (C=O) groups is 1. The fourth-order valence-corrected chi connectivity index (χ4v) is 1.40. The van der Waals surface area contributed by atoms with E-state index in [4.69, 9.17) is 34.8 Å². The van der Waals surface area contributed by atoms with Crippen molar-refractivity contribution in [3.63, 3.8) is 0 Å². The van der Waals surface area contributed by atoms with Crippen LogP contribution in [0.1, 0.15) is 17.3 Å². The van der Waals surface area contributed by atoms with Gasteiger partial charge in [0.15, 0.2) is 5.78 Å². The second-order valence-electron chi connectivity index (χ2n) is 2.60. The van der Waals surface area contributed by atoms with E-state index in [9.17, 15) is 4.79 Å². The lowest BCUT2D eigenvalue weighted by Gasteiger charge is -2.04. The SMILES string of the molecule is CC(Cl)C(=O)c1cc(Cl)ccc1Cl. The molecule has 1 aromatic carbocycles. The molecule has 0 aliphatic rings. The van der Waals surface area contributed by atoms with Crippen molar-refractivity contribution < 1.29 is 4.79 Å². The molecule has 1 nitrogen and oxygen atoms in total. The Labute approximate surface area is 91.6 Å². The van der Waals surface area contributed by atoms with E-state index in [1.54, 1.807) is 19.1 Å². The van der Waals surface area contributed by atoms with Crippen LogP contribution in [0.3, 0.4) is 0 Å². The van der Waals surface area contributed by atoms with Crippen LogP contribution in [0.25, 0.3) is 0 Å². The zero-order chi connectivity index (χ0) is 10.0. The molecule has 70 valence electrons. The summed E-state index contributed by atoms with van der Waals surface area (Å²) >= 11 is 17.1. The number of carbonyl (C=O) groups excluding carboxylic acids is 1. The van der Waals surface area contributed by atoms with E-state index in [1.807, 2.05) is 0 Å². The van der Waals surface area contributed by atoms with Gasteiger partial charge in [0.05, 0.1) is 10.4 Å². The Bertz CT molecular complexity index is 334. The summed E-state index contributed by atoms with van der Waals surface area (Å²) in [6.45, 7) is 1.60. The van der Waals surface area contributed by atoms with Gasteiger partial charge in [0.25, 0.3) is 0 Å². The van der Waals surface area contributed by atoms with Crippen LogP contribution in [-0.4, -0.2) is 11.2 Å². The van der Waals surface area contributed by atoms with Gasteiger partial charge in [-0.15, -0.1) is 11.6 Å². The van der Waals surface area contributed by atoms with Crippen LogP contribution in [0.5, 0.6) is 0 Å². The average molecular weight is 238 g/mol. The zero-order valence-corrected chi connectivity index (χ0v) is 9.12. The molecule has 0 saturated heterocycles. The molecule has 1 unspecified atom stereocenters. The van der Waals surface area contributed by atoms with Gasteiger partial charge in [0, 0.05) is 10.6 Å². The Morgan fingerprint density at radius 1 is 1.38 bits per heavy atom. The largest absolute Gasteiger partial charge is 0.292 e. The molecule has 1 atom stereocenters. The monoisotopic (exact) mass is 236 g/mol. The van der Waals surface area contributed by atoms with E-state index in [1.165, 1.54) is 6.07 Å². The minimum atomic E-state index is -0.587. The van der Waals surface area contributed by atoms with Crippen LogP contribution >= 0.6 is 34.8 Å². The number of ketones is 1. The maximum absolute atomic E-state index is 11.4. The van der Waals surface area contributed by atoms with Gasteiger partial charge in [-0.3, -0.25) is 4.79 Å². The Morgan fingerprint density at radius 2 is 2.00 bits per heavy atom. The highest BCUT2D eigenvalue weighted by Crippen LogP contribution is 2.22. The molecule has 0 N–H and O–H groups in total. The molecule has 0 bridgehead atoms. The third kappa shape index (κ3) is 2.60. The lowest BCUT2D eigenvalue weighted by atomic mass is 10.1. The fraction of sp³-hybridized carbons (Fsp3) is 0.222. The maximum atomic E-state index is 11.4. The molecule has 4 heteroatoms. The van der Waals surface area contributed by atoms with Crippen LogP contribution in [0.15, 0.2) is 18.2 Å². The summed E-state index contributed by atoms with van der Waals surface area (Å²) in [5, 5.41) is 0.267. The first-order valence-electron chi connectivity index (χ1n) is 3.65. The van der Waals surface area contributed by atoms with E-state index in [0.717, 1.165) is 0 Å². The number of hydrogen-bond acceptors (Lipinski definition) is 1. The Morgan fingerprint density at radius 3 is 2.54 bits per heavy atom. The number of hydrogen-bond donors (Lipinski definition) is 0. The predicted molar refractivity (Wildman–Crippen MR) is 56.1 cm³/mol. The summed E-state index contributed by atoms with van der Waals surface area (Å²) in [5.41, 5.74) is 0.372. The van der Waals surface area contributed by atoms with E-state index < -0.39 is 5.38 Å². The molecule has 0 aliphatic heterocycles.